The Labute approximate surface area is 129 Å². The number of alkyl halides is 2. The van der Waals surface area contributed by atoms with Gasteiger partial charge in [0, 0.05) is 17.0 Å². The molecule has 0 aliphatic rings. The van der Waals surface area contributed by atoms with Crippen LogP contribution in [0.3, 0.4) is 0 Å². The van der Waals surface area contributed by atoms with Crippen molar-refractivity contribution in [1.82, 2.24) is 4.98 Å². The molecule has 0 spiro atoms. The molecule has 0 unspecified atom stereocenters. The SMILES string of the molecule is CC(=O)Nc1nc2cc(Br)c(C(F)(F)P(=O)(O)O)cc2s1. The van der Waals surface area contributed by atoms with E-state index in [2.05, 4.69) is 26.2 Å². The fraction of sp³-hybridized carbons (Fsp3) is 0.200. The van der Waals surface area contributed by atoms with E-state index in [1.54, 1.807) is 0 Å². The molecule has 114 valence electrons. The van der Waals surface area contributed by atoms with Gasteiger partial charge in [-0.1, -0.05) is 27.3 Å². The molecule has 0 bridgehead atoms. The normalized spacial score (nSPS) is 12.7. The first-order valence-electron chi connectivity index (χ1n) is 5.34. The standard InChI is InChI=1S/C10H8BrF2N2O4PS/c1-4(16)14-9-15-7-3-6(11)5(2-8(7)21-9)10(12,13)20(17,18)19/h2-3H,1H3,(H,14,15,16)(H2,17,18,19). The van der Waals surface area contributed by atoms with Crippen molar-refractivity contribution in [3.05, 3.63) is 22.2 Å². The Kier molecular flexibility index (Phi) is 4.20. The van der Waals surface area contributed by atoms with Crippen molar-refractivity contribution in [2.45, 2.75) is 12.6 Å². The van der Waals surface area contributed by atoms with Crippen molar-refractivity contribution in [2.75, 3.05) is 5.32 Å². The third-order valence-electron chi connectivity index (χ3n) is 2.45. The molecule has 6 nitrogen and oxygen atoms in total. The third kappa shape index (κ3) is 3.14. The molecular weight excluding hydrogens is 393 g/mol. The van der Waals surface area contributed by atoms with E-state index in [0.29, 0.717) is 5.52 Å². The van der Waals surface area contributed by atoms with Gasteiger partial charge in [0.05, 0.1) is 10.2 Å². The van der Waals surface area contributed by atoms with Gasteiger partial charge in [0.25, 0.3) is 0 Å². The van der Waals surface area contributed by atoms with E-state index >= 15 is 0 Å². The molecule has 1 heterocycles. The summed E-state index contributed by atoms with van der Waals surface area (Å²) in [4.78, 5) is 32.5. The largest absolute Gasteiger partial charge is 0.399 e. The minimum Gasteiger partial charge on any atom is -0.320 e. The monoisotopic (exact) mass is 400 g/mol. The van der Waals surface area contributed by atoms with Crippen LogP contribution in [0, 0.1) is 0 Å². The first kappa shape index (κ1) is 16.4. The Bertz CT molecular complexity index is 776. The number of nitrogens with one attached hydrogen (secondary N) is 1. The fourth-order valence-electron chi connectivity index (χ4n) is 1.54. The van der Waals surface area contributed by atoms with Crippen LogP contribution in [0.25, 0.3) is 10.2 Å². The number of halogens is 3. The lowest BCUT2D eigenvalue weighted by Gasteiger charge is -2.19. The highest BCUT2D eigenvalue weighted by atomic mass is 79.9. The second kappa shape index (κ2) is 5.36. The summed E-state index contributed by atoms with van der Waals surface area (Å²) in [7, 11) is -5.66. The van der Waals surface area contributed by atoms with Crippen LogP contribution < -0.4 is 5.32 Å². The predicted octanol–water partition coefficient (Wildman–Crippen LogP) is 3.24. The summed E-state index contributed by atoms with van der Waals surface area (Å²) in [5.41, 5.74) is -4.83. The minimum atomic E-state index is -5.66. The summed E-state index contributed by atoms with van der Waals surface area (Å²) in [6.45, 7) is 1.27. The van der Waals surface area contributed by atoms with Crippen LogP contribution >= 0.6 is 34.9 Å². The Morgan fingerprint density at radius 1 is 1.48 bits per heavy atom. The average Bonchev–Trinajstić information content (AvgIpc) is 2.66. The molecule has 0 saturated carbocycles. The smallest absolute Gasteiger partial charge is 0.320 e. The topological polar surface area (TPSA) is 99.5 Å². The average molecular weight is 401 g/mol. The van der Waals surface area contributed by atoms with Crippen molar-refractivity contribution in [3.8, 4) is 0 Å². The molecule has 1 aromatic heterocycles. The fourth-order valence-corrected chi connectivity index (χ4v) is 3.71. The Balaban J connectivity index is 2.59. The van der Waals surface area contributed by atoms with Crippen molar-refractivity contribution >= 4 is 56.1 Å². The maximum Gasteiger partial charge on any atom is 0.399 e. The summed E-state index contributed by atoms with van der Waals surface area (Å²) >= 11 is 3.78. The zero-order valence-corrected chi connectivity index (χ0v) is 13.6. The molecule has 0 aliphatic heterocycles. The van der Waals surface area contributed by atoms with E-state index in [4.69, 9.17) is 9.79 Å². The van der Waals surface area contributed by atoms with Gasteiger partial charge in [-0.15, -0.1) is 0 Å². The molecule has 0 atom stereocenters. The number of benzene rings is 1. The Morgan fingerprint density at radius 2 is 2.10 bits per heavy atom. The highest BCUT2D eigenvalue weighted by molar-refractivity contribution is 9.10. The van der Waals surface area contributed by atoms with Crippen molar-refractivity contribution in [2.24, 2.45) is 0 Å². The highest BCUT2D eigenvalue weighted by Gasteiger charge is 2.51. The number of hydrogen-bond donors (Lipinski definition) is 3. The van der Waals surface area contributed by atoms with E-state index in [-0.39, 0.29) is 20.2 Å². The summed E-state index contributed by atoms with van der Waals surface area (Å²) < 4.78 is 38.6. The number of thiazole rings is 1. The summed E-state index contributed by atoms with van der Waals surface area (Å²) in [6.07, 6.45) is 0. The zero-order chi connectivity index (χ0) is 16.0. The molecule has 2 rings (SSSR count). The van der Waals surface area contributed by atoms with Gasteiger partial charge >= 0.3 is 13.3 Å². The van der Waals surface area contributed by atoms with Gasteiger partial charge in [-0.3, -0.25) is 9.36 Å². The van der Waals surface area contributed by atoms with E-state index in [1.807, 2.05) is 0 Å². The molecule has 21 heavy (non-hydrogen) atoms. The second-order valence-corrected chi connectivity index (χ2v) is 7.62. The number of carbonyl (C=O) groups is 1. The molecule has 3 N–H and O–H groups in total. The van der Waals surface area contributed by atoms with E-state index in [9.17, 15) is 18.1 Å². The summed E-state index contributed by atoms with van der Waals surface area (Å²) in [6, 6.07) is 2.16. The number of nitrogens with zero attached hydrogens (tertiary/aromatic N) is 1. The van der Waals surface area contributed by atoms with E-state index in [1.165, 1.54) is 13.0 Å². The molecular formula is C10H8BrF2N2O4PS. The van der Waals surface area contributed by atoms with Crippen LogP contribution in [0.15, 0.2) is 16.6 Å². The van der Waals surface area contributed by atoms with Crippen LogP contribution in [-0.4, -0.2) is 20.7 Å². The van der Waals surface area contributed by atoms with Gasteiger partial charge in [0.15, 0.2) is 5.13 Å². The van der Waals surface area contributed by atoms with Crippen molar-refractivity contribution in [3.63, 3.8) is 0 Å². The van der Waals surface area contributed by atoms with Crippen LogP contribution in [0.2, 0.25) is 0 Å². The van der Waals surface area contributed by atoms with Gasteiger partial charge in [-0.25, -0.2) is 4.98 Å². The van der Waals surface area contributed by atoms with Crippen LogP contribution in [0.1, 0.15) is 12.5 Å². The first-order chi connectivity index (χ1) is 9.52. The van der Waals surface area contributed by atoms with E-state index < -0.39 is 18.8 Å². The lowest BCUT2D eigenvalue weighted by atomic mass is 10.2. The van der Waals surface area contributed by atoms with Crippen LogP contribution in [0.4, 0.5) is 13.9 Å². The molecule has 1 aromatic carbocycles. The van der Waals surface area contributed by atoms with Gasteiger partial charge in [0.2, 0.25) is 5.91 Å². The zero-order valence-electron chi connectivity index (χ0n) is 10.3. The molecule has 2 aromatic rings. The first-order valence-corrected chi connectivity index (χ1v) is 8.56. The van der Waals surface area contributed by atoms with E-state index in [0.717, 1.165) is 17.4 Å². The number of aromatic nitrogens is 1. The van der Waals surface area contributed by atoms with Gasteiger partial charge < -0.3 is 15.1 Å². The van der Waals surface area contributed by atoms with Crippen molar-refractivity contribution < 1.29 is 27.9 Å². The number of carbonyl (C=O) groups excluding carboxylic acids is 1. The molecule has 0 aliphatic carbocycles. The number of fused-ring (bicyclic) bond motifs is 1. The molecule has 11 heteroatoms. The number of hydrogen-bond acceptors (Lipinski definition) is 4. The molecule has 0 radical (unpaired) electrons. The lowest BCUT2D eigenvalue weighted by Crippen LogP contribution is -2.14. The van der Waals surface area contributed by atoms with Crippen LogP contribution in [-0.2, 0) is 15.0 Å². The number of rotatable bonds is 3. The number of anilines is 1. The summed E-state index contributed by atoms with van der Waals surface area (Å²) in [5.74, 6) is -0.367. The predicted molar refractivity (Wildman–Crippen MR) is 77.6 cm³/mol. The second-order valence-electron chi connectivity index (χ2n) is 4.09. The quantitative estimate of drug-likeness (QED) is 0.686. The minimum absolute atomic E-state index is 0.178. The highest BCUT2D eigenvalue weighted by Crippen LogP contribution is 2.60. The number of amides is 1. The summed E-state index contributed by atoms with van der Waals surface area (Å²) in [5, 5.41) is 2.62. The maximum atomic E-state index is 13.8. The van der Waals surface area contributed by atoms with Gasteiger partial charge in [-0.2, -0.15) is 8.78 Å². The molecule has 1 amide bonds. The van der Waals surface area contributed by atoms with Crippen molar-refractivity contribution in [1.29, 1.82) is 0 Å². The third-order valence-corrected chi connectivity index (χ3v) is 5.01. The lowest BCUT2D eigenvalue weighted by molar-refractivity contribution is -0.114. The molecule has 0 fully saturated rings. The maximum absolute atomic E-state index is 13.8. The van der Waals surface area contributed by atoms with Gasteiger partial charge in [0.1, 0.15) is 0 Å². The van der Waals surface area contributed by atoms with Crippen LogP contribution in [0.5, 0.6) is 0 Å². The van der Waals surface area contributed by atoms with Gasteiger partial charge in [-0.05, 0) is 12.1 Å². The Morgan fingerprint density at radius 3 is 2.62 bits per heavy atom. The molecule has 0 saturated heterocycles. The Hall–Kier alpha value is -0.930.